The lowest BCUT2D eigenvalue weighted by molar-refractivity contribution is -0.0875. The first kappa shape index (κ1) is 21.4. The van der Waals surface area contributed by atoms with E-state index >= 15 is 0 Å². The van der Waals surface area contributed by atoms with E-state index in [1.807, 2.05) is 61.5 Å². The molecule has 0 aliphatic heterocycles. The average molecular weight is 396 g/mol. The first-order valence-corrected chi connectivity index (χ1v) is 10.3. The van der Waals surface area contributed by atoms with Crippen LogP contribution in [0.2, 0.25) is 0 Å². The fourth-order valence-corrected chi connectivity index (χ4v) is 4.12. The summed E-state index contributed by atoms with van der Waals surface area (Å²) >= 11 is 0. The minimum Gasteiger partial charge on any atom is -0.490 e. The molecule has 0 saturated heterocycles. The maximum absolute atomic E-state index is 11.8. The number of benzene rings is 2. The molecule has 0 aromatic heterocycles. The third-order valence-corrected chi connectivity index (χ3v) is 5.52. The molecule has 1 fully saturated rings. The van der Waals surface area contributed by atoms with Crippen molar-refractivity contribution in [2.75, 3.05) is 27.2 Å². The summed E-state index contributed by atoms with van der Waals surface area (Å²) < 4.78 is 12.0. The minimum absolute atomic E-state index is 0.0661. The molecule has 0 radical (unpaired) electrons. The second kappa shape index (κ2) is 9.47. The molecule has 3 rings (SSSR count). The van der Waals surface area contributed by atoms with E-state index in [2.05, 4.69) is 25.6 Å². The number of aliphatic hydroxyl groups is 1. The highest BCUT2D eigenvalue weighted by atomic mass is 16.5. The van der Waals surface area contributed by atoms with Crippen molar-refractivity contribution >= 4 is 0 Å². The van der Waals surface area contributed by atoms with Gasteiger partial charge in [-0.05, 0) is 75.7 Å². The molecule has 0 bridgehead atoms. The molecule has 2 aromatic carbocycles. The van der Waals surface area contributed by atoms with Crippen molar-refractivity contribution in [1.29, 1.82) is 0 Å². The number of ether oxygens (including phenoxy) is 2. The zero-order valence-electron chi connectivity index (χ0n) is 17.8. The van der Waals surface area contributed by atoms with Crippen LogP contribution in [0.4, 0.5) is 0 Å². The Morgan fingerprint density at radius 3 is 2.55 bits per heavy atom. The van der Waals surface area contributed by atoms with E-state index in [1.54, 1.807) is 0 Å². The molecule has 1 saturated carbocycles. The summed E-state index contributed by atoms with van der Waals surface area (Å²) in [6, 6.07) is 17.8. The maximum Gasteiger partial charge on any atom is 0.120 e. The summed E-state index contributed by atoms with van der Waals surface area (Å²) in [6.45, 7) is 7.11. The molecule has 0 heterocycles. The van der Waals surface area contributed by atoms with Crippen molar-refractivity contribution in [1.82, 2.24) is 4.90 Å². The van der Waals surface area contributed by atoms with Gasteiger partial charge in [-0.1, -0.05) is 36.9 Å². The Morgan fingerprint density at radius 1 is 1.14 bits per heavy atom. The summed E-state index contributed by atoms with van der Waals surface area (Å²) in [5, 5.41) is 11.8. The maximum atomic E-state index is 11.8. The number of hydrogen-bond acceptors (Lipinski definition) is 4. The van der Waals surface area contributed by atoms with Crippen LogP contribution in [0.15, 0.2) is 66.7 Å². The lowest BCUT2D eigenvalue weighted by atomic mass is 9.70. The smallest absolute Gasteiger partial charge is 0.120 e. The standard InChI is InChI=1S/C25H33NO3/c1-19(2)18-28-23-12-8-9-20(15-23)25(27)14-13-24(16-21(25)17-26(3)4)29-22-10-6-5-7-11-22/h5-12,15,21,24,27H,1,13-14,16-18H2,2-4H3. The van der Waals surface area contributed by atoms with Gasteiger partial charge in [0.05, 0.1) is 11.7 Å². The molecule has 2 aromatic rings. The molecular formula is C25H33NO3. The summed E-state index contributed by atoms with van der Waals surface area (Å²) in [5.74, 6) is 1.73. The largest absolute Gasteiger partial charge is 0.490 e. The Labute approximate surface area is 174 Å². The van der Waals surface area contributed by atoms with Crippen LogP contribution >= 0.6 is 0 Å². The van der Waals surface area contributed by atoms with Gasteiger partial charge in [-0.2, -0.15) is 0 Å². The van der Waals surface area contributed by atoms with Crippen LogP contribution in [0, 0.1) is 5.92 Å². The van der Waals surface area contributed by atoms with E-state index in [0.29, 0.717) is 13.0 Å². The lowest BCUT2D eigenvalue weighted by Crippen LogP contribution is -2.47. The Bertz CT molecular complexity index is 805. The fourth-order valence-electron chi connectivity index (χ4n) is 4.12. The molecule has 3 unspecified atom stereocenters. The first-order valence-electron chi connectivity index (χ1n) is 10.3. The molecule has 29 heavy (non-hydrogen) atoms. The van der Waals surface area contributed by atoms with Gasteiger partial charge in [-0.3, -0.25) is 0 Å². The molecule has 3 atom stereocenters. The van der Waals surface area contributed by atoms with Crippen LogP contribution in [0.3, 0.4) is 0 Å². The van der Waals surface area contributed by atoms with Crippen LogP contribution in [0.5, 0.6) is 11.5 Å². The van der Waals surface area contributed by atoms with Crippen molar-refractivity contribution in [2.24, 2.45) is 5.92 Å². The molecule has 4 nitrogen and oxygen atoms in total. The van der Waals surface area contributed by atoms with E-state index in [0.717, 1.165) is 42.0 Å². The quantitative estimate of drug-likeness (QED) is 0.661. The van der Waals surface area contributed by atoms with Crippen molar-refractivity contribution < 1.29 is 14.6 Å². The highest BCUT2D eigenvalue weighted by Gasteiger charge is 2.44. The number of hydrogen-bond donors (Lipinski definition) is 1. The number of nitrogens with zero attached hydrogens (tertiary/aromatic N) is 1. The van der Waals surface area contributed by atoms with Gasteiger partial charge in [-0.15, -0.1) is 0 Å². The molecule has 1 aliphatic rings. The molecule has 1 aliphatic carbocycles. The zero-order valence-corrected chi connectivity index (χ0v) is 17.8. The third-order valence-electron chi connectivity index (χ3n) is 5.52. The van der Waals surface area contributed by atoms with Crippen molar-refractivity contribution in [2.45, 2.75) is 37.9 Å². The molecule has 4 heteroatoms. The van der Waals surface area contributed by atoms with Gasteiger partial charge in [0.25, 0.3) is 0 Å². The second-order valence-electron chi connectivity index (χ2n) is 8.48. The number of rotatable bonds is 8. The normalized spacial score (nSPS) is 24.3. The highest BCUT2D eigenvalue weighted by molar-refractivity contribution is 5.34. The molecule has 0 amide bonds. The third kappa shape index (κ3) is 5.62. The Hall–Kier alpha value is -2.30. The predicted molar refractivity (Wildman–Crippen MR) is 117 cm³/mol. The van der Waals surface area contributed by atoms with Crippen LogP contribution < -0.4 is 9.47 Å². The van der Waals surface area contributed by atoms with Gasteiger partial charge >= 0.3 is 0 Å². The summed E-state index contributed by atoms with van der Waals surface area (Å²) in [4.78, 5) is 2.14. The van der Waals surface area contributed by atoms with Crippen LogP contribution in [0.1, 0.15) is 31.7 Å². The zero-order chi connectivity index (χ0) is 20.9. The summed E-state index contributed by atoms with van der Waals surface area (Å²) in [7, 11) is 4.10. The number of para-hydroxylation sites is 1. The monoisotopic (exact) mass is 395 g/mol. The fraction of sp³-hybridized carbons (Fsp3) is 0.440. The van der Waals surface area contributed by atoms with E-state index < -0.39 is 5.60 Å². The molecule has 156 valence electrons. The van der Waals surface area contributed by atoms with Crippen LogP contribution in [0.25, 0.3) is 0 Å². The SMILES string of the molecule is C=C(C)COc1cccc(C2(O)CCC(Oc3ccccc3)CC2CN(C)C)c1. The summed E-state index contributed by atoms with van der Waals surface area (Å²) in [5.41, 5.74) is 0.989. The van der Waals surface area contributed by atoms with Crippen LogP contribution in [-0.4, -0.2) is 43.4 Å². The highest BCUT2D eigenvalue weighted by Crippen LogP contribution is 2.43. The van der Waals surface area contributed by atoms with E-state index in [9.17, 15) is 5.11 Å². The van der Waals surface area contributed by atoms with Gasteiger partial charge < -0.3 is 19.5 Å². The Kier molecular flexibility index (Phi) is 6.99. The van der Waals surface area contributed by atoms with E-state index in [4.69, 9.17) is 9.47 Å². The average Bonchev–Trinajstić information content (AvgIpc) is 2.70. The lowest BCUT2D eigenvalue weighted by Gasteiger charge is -2.44. The van der Waals surface area contributed by atoms with Gasteiger partial charge in [0.15, 0.2) is 0 Å². The Balaban J connectivity index is 1.79. The second-order valence-corrected chi connectivity index (χ2v) is 8.48. The molecular weight excluding hydrogens is 362 g/mol. The first-order chi connectivity index (χ1) is 13.9. The minimum atomic E-state index is -0.899. The van der Waals surface area contributed by atoms with Crippen molar-refractivity contribution in [3.8, 4) is 11.5 Å². The van der Waals surface area contributed by atoms with Gasteiger partial charge in [0.2, 0.25) is 0 Å². The van der Waals surface area contributed by atoms with Gasteiger partial charge in [0, 0.05) is 12.5 Å². The Morgan fingerprint density at radius 2 is 1.86 bits per heavy atom. The van der Waals surface area contributed by atoms with Gasteiger partial charge in [-0.25, -0.2) is 0 Å². The predicted octanol–water partition coefficient (Wildman–Crippen LogP) is 4.64. The van der Waals surface area contributed by atoms with Crippen LogP contribution in [-0.2, 0) is 5.60 Å². The van der Waals surface area contributed by atoms with E-state index in [1.165, 1.54) is 0 Å². The van der Waals surface area contributed by atoms with Gasteiger partial charge in [0.1, 0.15) is 18.1 Å². The van der Waals surface area contributed by atoms with E-state index in [-0.39, 0.29) is 12.0 Å². The molecule has 1 N–H and O–H groups in total. The topological polar surface area (TPSA) is 41.9 Å². The summed E-state index contributed by atoms with van der Waals surface area (Å²) in [6.07, 6.45) is 2.38. The van der Waals surface area contributed by atoms with Crippen molar-refractivity contribution in [3.63, 3.8) is 0 Å². The molecule has 0 spiro atoms. The van der Waals surface area contributed by atoms with Crippen molar-refractivity contribution in [3.05, 3.63) is 72.3 Å².